The van der Waals surface area contributed by atoms with Crippen LogP contribution in [0.2, 0.25) is 0 Å². The Labute approximate surface area is 96.6 Å². The number of thioether (sulfide) groups is 1. The molecule has 1 heterocycles. The van der Waals surface area contributed by atoms with Gasteiger partial charge in [-0.2, -0.15) is 0 Å². The van der Waals surface area contributed by atoms with Crippen molar-refractivity contribution in [2.45, 2.75) is 16.6 Å². The van der Waals surface area contributed by atoms with Gasteiger partial charge in [0.1, 0.15) is 5.25 Å². The van der Waals surface area contributed by atoms with Gasteiger partial charge in [-0.05, 0) is 12.1 Å². The number of carbonyl (C=O) groups excluding carboxylic acids is 1. The Morgan fingerprint density at radius 1 is 1.44 bits per heavy atom. The zero-order valence-electron chi connectivity index (χ0n) is 8.38. The molecule has 1 fully saturated rings. The molecule has 0 aromatic heterocycles. The zero-order chi connectivity index (χ0) is 11.5. The topological polar surface area (TPSA) is 63.6 Å². The molecule has 2 rings (SSSR count). The largest absolute Gasteiger partial charge is 0.478 e. The second-order valence-electron chi connectivity index (χ2n) is 3.36. The molecule has 1 aliphatic heterocycles. The van der Waals surface area contributed by atoms with Crippen LogP contribution in [0.3, 0.4) is 0 Å². The highest BCUT2D eigenvalue weighted by atomic mass is 32.2. The van der Waals surface area contributed by atoms with Gasteiger partial charge in [0.15, 0.2) is 0 Å². The molecule has 1 N–H and O–H groups in total. The van der Waals surface area contributed by atoms with Gasteiger partial charge in [-0.1, -0.05) is 12.1 Å². The summed E-state index contributed by atoms with van der Waals surface area (Å²) in [6.07, 6.45) is 0.636. The summed E-state index contributed by atoms with van der Waals surface area (Å²) >= 11 is 1.26. The second-order valence-corrected chi connectivity index (χ2v) is 4.61. The SMILES string of the molecule is O=C(O)c1ccccc1SC1CCOC1=O. The van der Waals surface area contributed by atoms with Crippen molar-refractivity contribution in [3.63, 3.8) is 0 Å². The molecule has 0 aliphatic carbocycles. The van der Waals surface area contributed by atoms with Crippen molar-refractivity contribution in [3.8, 4) is 0 Å². The number of ether oxygens (including phenoxy) is 1. The average molecular weight is 238 g/mol. The normalized spacial score (nSPS) is 19.5. The minimum Gasteiger partial charge on any atom is -0.478 e. The molecule has 0 radical (unpaired) electrons. The third kappa shape index (κ3) is 2.19. The van der Waals surface area contributed by atoms with E-state index in [0.717, 1.165) is 0 Å². The van der Waals surface area contributed by atoms with E-state index in [9.17, 15) is 9.59 Å². The highest BCUT2D eigenvalue weighted by Gasteiger charge is 2.28. The number of aromatic carboxylic acids is 1. The number of carboxylic acids is 1. The van der Waals surface area contributed by atoms with Crippen molar-refractivity contribution in [2.24, 2.45) is 0 Å². The van der Waals surface area contributed by atoms with E-state index in [1.54, 1.807) is 18.2 Å². The fourth-order valence-corrected chi connectivity index (χ4v) is 2.61. The van der Waals surface area contributed by atoms with Crippen molar-refractivity contribution in [2.75, 3.05) is 6.61 Å². The predicted molar refractivity (Wildman–Crippen MR) is 58.6 cm³/mol. The van der Waals surface area contributed by atoms with Crippen LogP contribution in [0.15, 0.2) is 29.2 Å². The lowest BCUT2D eigenvalue weighted by molar-refractivity contribution is -0.137. The highest BCUT2D eigenvalue weighted by Crippen LogP contribution is 2.31. The number of hydrogen-bond donors (Lipinski definition) is 1. The van der Waals surface area contributed by atoms with Crippen LogP contribution >= 0.6 is 11.8 Å². The average Bonchev–Trinajstić information content (AvgIpc) is 2.65. The first-order valence-corrected chi connectivity index (χ1v) is 5.72. The standard InChI is InChI=1S/C11H10O4S/c12-10(13)7-3-1-2-4-8(7)16-9-5-6-15-11(9)14/h1-4,9H,5-6H2,(H,12,13). The van der Waals surface area contributed by atoms with Crippen LogP contribution in [0.1, 0.15) is 16.8 Å². The van der Waals surface area contributed by atoms with Crippen molar-refractivity contribution >= 4 is 23.7 Å². The molecule has 1 atom stereocenters. The number of cyclic esters (lactones) is 1. The summed E-state index contributed by atoms with van der Waals surface area (Å²) in [7, 11) is 0. The molecule has 1 aromatic rings. The molecule has 1 aromatic carbocycles. The summed E-state index contributed by atoms with van der Waals surface area (Å²) < 4.78 is 4.83. The van der Waals surface area contributed by atoms with Crippen LogP contribution in [-0.2, 0) is 9.53 Å². The van der Waals surface area contributed by atoms with E-state index in [-0.39, 0.29) is 16.8 Å². The first-order chi connectivity index (χ1) is 7.68. The predicted octanol–water partition coefficient (Wildman–Crippen LogP) is 1.79. The number of rotatable bonds is 3. The maximum atomic E-state index is 11.3. The molecule has 1 unspecified atom stereocenters. The van der Waals surface area contributed by atoms with Gasteiger partial charge in [0.2, 0.25) is 0 Å². The van der Waals surface area contributed by atoms with Crippen molar-refractivity contribution < 1.29 is 19.4 Å². The maximum Gasteiger partial charge on any atom is 0.336 e. The Balaban J connectivity index is 2.20. The fraction of sp³-hybridized carbons (Fsp3) is 0.273. The van der Waals surface area contributed by atoms with Gasteiger partial charge in [0.05, 0.1) is 12.2 Å². The second kappa shape index (κ2) is 4.57. The summed E-state index contributed by atoms with van der Waals surface area (Å²) in [4.78, 5) is 22.8. The van der Waals surface area contributed by atoms with Crippen molar-refractivity contribution in [1.29, 1.82) is 0 Å². The number of benzene rings is 1. The number of esters is 1. The van der Waals surface area contributed by atoms with Crippen LogP contribution in [-0.4, -0.2) is 28.9 Å². The van der Waals surface area contributed by atoms with Gasteiger partial charge >= 0.3 is 11.9 Å². The third-order valence-corrected chi connectivity index (χ3v) is 3.60. The molecule has 0 bridgehead atoms. The van der Waals surface area contributed by atoms with Gasteiger partial charge in [0, 0.05) is 11.3 Å². The van der Waals surface area contributed by atoms with Crippen molar-refractivity contribution in [1.82, 2.24) is 0 Å². The molecule has 0 saturated carbocycles. The van der Waals surface area contributed by atoms with E-state index in [1.165, 1.54) is 17.8 Å². The molecular weight excluding hydrogens is 228 g/mol. The lowest BCUT2D eigenvalue weighted by Crippen LogP contribution is -2.10. The third-order valence-electron chi connectivity index (χ3n) is 2.27. The molecule has 5 heteroatoms. The Kier molecular flexibility index (Phi) is 3.14. The molecule has 16 heavy (non-hydrogen) atoms. The zero-order valence-corrected chi connectivity index (χ0v) is 9.20. The van der Waals surface area contributed by atoms with E-state index < -0.39 is 5.97 Å². The summed E-state index contributed by atoms with van der Waals surface area (Å²) in [5.41, 5.74) is 0.229. The molecule has 1 aliphatic rings. The van der Waals surface area contributed by atoms with Crippen molar-refractivity contribution in [3.05, 3.63) is 29.8 Å². The lowest BCUT2D eigenvalue weighted by atomic mass is 10.2. The number of hydrogen-bond acceptors (Lipinski definition) is 4. The van der Waals surface area contributed by atoms with E-state index in [0.29, 0.717) is 17.9 Å². The monoisotopic (exact) mass is 238 g/mol. The van der Waals surface area contributed by atoms with Gasteiger partial charge < -0.3 is 9.84 Å². The molecule has 0 spiro atoms. The van der Waals surface area contributed by atoms with E-state index >= 15 is 0 Å². The molecule has 4 nitrogen and oxygen atoms in total. The summed E-state index contributed by atoms with van der Waals surface area (Å²) in [5, 5.41) is 8.70. The minimum atomic E-state index is -0.977. The van der Waals surface area contributed by atoms with Crippen LogP contribution < -0.4 is 0 Å². The molecule has 1 saturated heterocycles. The van der Waals surface area contributed by atoms with Crippen LogP contribution in [0.5, 0.6) is 0 Å². The first-order valence-electron chi connectivity index (χ1n) is 4.84. The van der Waals surface area contributed by atoms with E-state index in [2.05, 4.69) is 0 Å². The van der Waals surface area contributed by atoms with Gasteiger partial charge in [-0.15, -0.1) is 11.8 Å². The molecular formula is C11H10O4S. The highest BCUT2D eigenvalue weighted by molar-refractivity contribution is 8.00. The quantitative estimate of drug-likeness (QED) is 0.813. The van der Waals surface area contributed by atoms with Crippen LogP contribution in [0, 0.1) is 0 Å². The van der Waals surface area contributed by atoms with E-state index in [4.69, 9.17) is 9.84 Å². The summed E-state index contributed by atoms with van der Waals surface area (Å²) in [6, 6.07) is 6.67. The minimum absolute atomic E-state index is 0.229. The lowest BCUT2D eigenvalue weighted by Gasteiger charge is -2.07. The fourth-order valence-electron chi connectivity index (χ4n) is 1.48. The smallest absolute Gasteiger partial charge is 0.336 e. The molecule has 0 amide bonds. The number of carbonyl (C=O) groups is 2. The van der Waals surface area contributed by atoms with Crippen LogP contribution in [0.25, 0.3) is 0 Å². The Morgan fingerprint density at radius 2 is 2.19 bits per heavy atom. The van der Waals surface area contributed by atoms with E-state index in [1.807, 2.05) is 0 Å². The Hall–Kier alpha value is -1.49. The Morgan fingerprint density at radius 3 is 2.81 bits per heavy atom. The maximum absolute atomic E-state index is 11.3. The van der Waals surface area contributed by atoms with Crippen LogP contribution in [0.4, 0.5) is 0 Å². The number of carboxylic acid groups (broad SMARTS) is 1. The Bertz CT molecular complexity index is 430. The van der Waals surface area contributed by atoms with Gasteiger partial charge in [-0.3, -0.25) is 4.79 Å². The molecule has 84 valence electrons. The van der Waals surface area contributed by atoms with Gasteiger partial charge in [0.25, 0.3) is 0 Å². The first kappa shape index (κ1) is 11.0. The summed E-state index contributed by atoms with van der Waals surface area (Å²) in [6.45, 7) is 0.422. The summed E-state index contributed by atoms with van der Waals surface area (Å²) in [5.74, 6) is -1.24. The van der Waals surface area contributed by atoms with Gasteiger partial charge in [-0.25, -0.2) is 4.79 Å².